The first kappa shape index (κ1) is 10.3. The van der Waals surface area contributed by atoms with E-state index in [-0.39, 0.29) is 0 Å². The summed E-state index contributed by atoms with van der Waals surface area (Å²) >= 11 is 0. The molecule has 0 atom stereocenters. The predicted molar refractivity (Wildman–Crippen MR) is 63.0 cm³/mol. The molecule has 0 amide bonds. The first-order chi connectivity index (χ1) is 7.20. The Morgan fingerprint density at radius 3 is 2.73 bits per heavy atom. The van der Waals surface area contributed by atoms with Gasteiger partial charge in [-0.2, -0.15) is 0 Å². The number of rotatable bonds is 4. The summed E-state index contributed by atoms with van der Waals surface area (Å²) in [6, 6.07) is 5.98. The average Bonchev–Trinajstić information content (AvgIpc) is 3.01. The SMILES string of the molecule is CNc1ccc(CN2CC2)cc1N(C)[O-]. The van der Waals surface area contributed by atoms with Gasteiger partial charge in [-0.1, -0.05) is 6.07 Å². The third-order valence-electron chi connectivity index (χ3n) is 2.62. The zero-order chi connectivity index (χ0) is 10.8. The lowest BCUT2D eigenvalue weighted by atomic mass is 10.1. The van der Waals surface area contributed by atoms with Gasteiger partial charge in [0.2, 0.25) is 0 Å². The van der Waals surface area contributed by atoms with Crippen molar-refractivity contribution >= 4 is 11.4 Å². The van der Waals surface area contributed by atoms with Crippen LogP contribution in [0.5, 0.6) is 0 Å². The molecule has 0 radical (unpaired) electrons. The van der Waals surface area contributed by atoms with Gasteiger partial charge in [-0.25, -0.2) is 0 Å². The molecule has 1 aliphatic rings. The van der Waals surface area contributed by atoms with E-state index < -0.39 is 0 Å². The highest BCUT2D eigenvalue weighted by Crippen LogP contribution is 2.26. The second-order valence-electron chi connectivity index (χ2n) is 3.88. The van der Waals surface area contributed by atoms with E-state index in [2.05, 4.69) is 16.3 Å². The van der Waals surface area contributed by atoms with Gasteiger partial charge in [0.25, 0.3) is 0 Å². The zero-order valence-corrected chi connectivity index (χ0v) is 9.16. The average molecular weight is 206 g/mol. The highest BCUT2D eigenvalue weighted by molar-refractivity contribution is 5.70. The molecule has 1 aromatic carbocycles. The van der Waals surface area contributed by atoms with Crippen molar-refractivity contribution < 1.29 is 0 Å². The van der Waals surface area contributed by atoms with E-state index in [0.29, 0.717) is 5.69 Å². The summed E-state index contributed by atoms with van der Waals surface area (Å²) in [5.74, 6) is 0. The van der Waals surface area contributed by atoms with Gasteiger partial charge in [0.05, 0.1) is 5.69 Å². The topological polar surface area (TPSA) is 41.3 Å². The van der Waals surface area contributed by atoms with E-state index in [0.717, 1.165) is 17.3 Å². The van der Waals surface area contributed by atoms with Crippen LogP contribution in [0, 0.1) is 5.21 Å². The van der Waals surface area contributed by atoms with Crippen LogP contribution in [0.1, 0.15) is 5.56 Å². The van der Waals surface area contributed by atoms with Crippen LogP contribution in [0.15, 0.2) is 18.2 Å². The highest BCUT2D eigenvalue weighted by atomic mass is 16.5. The Kier molecular flexibility index (Phi) is 2.79. The first-order valence-corrected chi connectivity index (χ1v) is 5.14. The van der Waals surface area contributed by atoms with E-state index in [1.807, 2.05) is 19.2 Å². The minimum absolute atomic E-state index is 0.705. The fraction of sp³-hybridized carbons (Fsp3) is 0.455. The fourth-order valence-electron chi connectivity index (χ4n) is 1.63. The Hall–Kier alpha value is -1.26. The Labute approximate surface area is 90.1 Å². The van der Waals surface area contributed by atoms with Gasteiger partial charge in [0.15, 0.2) is 0 Å². The molecule has 1 heterocycles. The normalized spacial score (nSPS) is 15.1. The molecule has 1 aliphatic heterocycles. The maximum Gasteiger partial charge on any atom is 0.0567 e. The van der Waals surface area contributed by atoms with E-state index >= 15 is 0 Å². The van der Waals surface area contributed by atoms with Crippen molar-refractivity contribution in [3.8, 4) is 0 Å². The highest BCUT2D eigenvalue weighted by Gasteiger charge is 2.17. The second-order valence-corrected chi connectivity index (χ2v) is 3.88. The molecule has 1 N–H and O–H groups in total. The molecular formula is C11H16N3O-. The van der Waals surface area contributed by atoms with Gasteiger partial charge < -0.3 is 15.6 Å². The number of benzene rings is 1. The Balaban J connectivity index is 2.22. The molecular weight excluding hydrogens is 190 g/mol. The minimum atomic E-state index is 0.705. The monoisotopic (exact) mass is 206 g/mol. The van der Waals surface area contributed by atoms with Crippen LogP contribution in [0.4, 0.5) is 11.4 Å². The number of hydrogen-bond donors (Lipinski definition) is 1. The quantitative estimate of drug-likeness (QED) is 0.598. The van der Waals surface area contributed by atoms with Crippen molar-refractivity contribution in [2.45, 2.75) is 6.54 Å². The summed E-state index contributed by atoms with van der Waals surface area (Å²) in [7, 11) is 3.35. The molecule has 0 aliphatic carbocycles. The standard InChI is InChI=1S/C11H16N3O/c1-12-10-4-3-9(8-14-5-6-14)7-11(10)13(2)15/h3-4,7,12H,5-6,8H2,1-2H3/q-1. The third-order valence-corrected chi connectivity index (χ3v) is 2.62. The summed E-state index contributed by atoms with van der Waals surface area (Å²) < 4.78 is 0. The molecule has 0 bridgehead atoms. The van der Waals surface area contributed by atoms with E-state index in [4.69, 9.17) is 0 Å². The molecule has 15 heavy (non-hydrogen) atoms. The van der Waals surface area contributed by atoms with Gasteiger partial charge in [-0.05, 0) is 24.7 Å². The molecule has 0 aromatic heterocycles. The molecule has 0 spiro atoms. The lowest BCUT2D eigenvalue weighted by Gasteiger charge is -2.28. The molecule has 2 rings (SSSR count). The molecule has 1 fully saturated rings. The number of hydroxylamine groups is 1. The van der Waals surface area contributed by atoms with Crippen molar-refractivity contribution in [2.75, 3.05) is 37.6 Å². The van der Waals surface area contributed by atoms with Gasteiger partial charge in [-0.15, -0.1) is 0 Å². The minimum Gasteiger partial charge on any atom is -0.758 e. The fourth-order valence-corrected chi connectivity index (χ4v) is 1.63. The summed E-state index contributed by atoms with van der Waals surface area (Å²) in [6.45, 7) is 3.30. The summed E-state index contributed by atoms with van der Waals surface area (Å²) in [4.78, 5) is 2.32. The van der Waals surface area contributed by atoms with Gasteiger partial charge in [0, 0.05) is 32.4 Å². The Morgan fingerprint density at radius 1 is 1.47 bits per heavy atom. The predicted octanol–water partition coefficient (Wildman–Crippen LogP) is 1.48. The maximum absolute atomic E-state index is 11.3. The van der Waals surface area contributed by atoms with Crippen molar-refractivity contribution in [3.05, 3.63) is 29.0 Å². The van der Waals surface area contributed by atoms with Crippen LogP contribution in [-0.2, 0) is 6.54 Å². The summed E-state index contributed by atoms with van der Waals surface area (Å²) in [5, 5.41) is 15.3. The van der Waals surface area contributed by atoms with Crippen LogP contribution in [0.3, 0.4) is 0 Å². The van der Waals surface area contributed by atoms with Gasteiger partial charge >= 0.3 is 0 Å². The van der Waals surface area contributed by atoms with Crippen molar-refractivity contribution in [2.24, 2.45) is 0 Å². The summed E-state index contributed by atoms with van der Waals surface area (Å²) in [6.07, 6.45) is 0. The number of hydrogen-bond acceptors (Lipinski definition) is 4. The van der Waals surface area contributed by atoms with Crippen LogP contribution in [0.25, 0.3) is 0 Å². The lowest BCUT2D eigenvalue weighted by molar-refractivity contribution is 0.556. The third kappa shape index (κ3) is 2.40. The molecule has 0 saturated carbocycles. The van der Waals surface area contributed by atoms with Gasteiger partial charge in [0.1, 0.15) is 0 Å². The van der Waals surface area contributed by atoms with Crippen molar-refractivity contribution in [3.63, 3.8) is 0 Å². The van der Waals surface area contributed by atoms with Crippen molar-refractivity contribution in [1.82, 2.24) is 4.90 Å². The first-order valence-electron chi connectivity index (χ1n) is 5.14. The van der Waals surface area contributed by atoms with Crippen LogP contribution in [0.2, 0.25) is 0 Å². The molecule has 4 heteroatoms. The maximum atomic E-state index is 11.3. The van der Waals surface area contributed by atoms with Crippen LogP contribution >= 0.6 is 0 Å². The van der Waals surface area contributed by atoms with E-state index in [1.165, 1.54) is 25.7 Å². The molecule has 1 saturated heterocycles. The lowest BCUT2D eigenvalue weighted by Crippen LogP contribution is -2.10. The second kappa shape index (κ2) is 4.08. The summed E-state index contributed by atoms with van der Waals surface area (Å²) in [5.41, 5.74) is 2.78. The molecule has 1 aromatic rings. The van der Waals surface area contributed by atoms with Gasteiger partial charge in [-0.3, -0.25) is 4.90 Å². The molecule has 0 unspecified atom stereocenters. The number of anilines is 2. The molecule has 82 valence electrons. The van der Waals surface area contributed by atoms with E-state index in [9.17, 15) is 5.21 Å². The smallest absolute Gasteiger partial charge is 0.0567 e. The number of nitrogens with one attached hydrogen (secondary N) is 1. The van der Waals surface area contributed by atoms with Crippen LogP contribution < -0.4 is 10.4 Å². The van der Waals surface area contributed by atoms with Crippen molar-refractivity contribution in [1.29, 1.82) is 0 Å². The molecule has 4 nitrogen and oxygen atoms in total. The Bertz CT molecular complexity index is 348. The van der Waals surface area contributed by atoms with Crippen LogP contribution in [-0.4, -0.2) is 32.1 Å². The van der Waals surface area contributed by atoms with E-state index in [1.54, 1.807) is 0 Å². The number of nitrogens with zero attached hydrogens (tertiary/aromatic N) is 2. The largest absolute Gasteiger partial charge is 0.758 e. The zero-order valence-electron chi connectivity index (χ0n) is 9.16. The Morgan fingerprint density at radius 2 is 2.20 bits per heavy atom.